The van der Waals surface area contributed by atoms with Crippen LogP contribution in [0.4, 0.5) is 0 Å². The lowest BCUT2D eigenvalue weighted by Crippen LogP contribution is -2.06. The van der Waals surface area contributed by atoms with E-state index in [4.69, 9.17) is 4.55 Å². The van der Waals surface area contributed by atoms with E-state index in [2.05, 4.69) is 4.18 Å². The van der Waals surface area contributed by atoms with Crippen molar-refractivity contribution in [2.24, 2.45) is 0 Å². The van der Waals surface area contributed by atoms with Gasteiger partial charge in [-0.15, -0.1) is 11.8 Å². The minimum absolute atomic E-state index is 0.0294. The van der Waals surface area contributed by atoms with Crippen molar-refractivity contribution >= 4 is 22.2 Å². The molecule has 0 amide bonds. The average molecular weight is 234 g/mol. The Morgan fingerprint density at radius 1 is 1.29 bits per heavy atom. The second-order valence-corrected chi connectivity index (χ2v) is 4.67. The summed E-state index contributed by atoms with van der Waals surface area (Å²) in [6, 6.07) is 9.52. The molecule has 0 heterocycles. The summed E-state index contributed by atoms with van der Waals surface area (Å²) in [7, 11) is -4.29. The van der Waals surface area contributed by atoms with Gasteiger partial charge in [0.05, 0.1) is 6.61 Å². The highest BCUT2D eigenvalue weighted by Gasteiger charge is 2.03. The van der Waals surface area contributed by atoms with Crippen molar-refractivity contribution in [1.82, 2.24) is 0 Å². The Hall–Kier alpha value is -0.560. The third-order valence-corrected chi connectivity index (χ3v) is 2.77. The zero-order valence-corrected chi connectivity index (χ0v) is 8.92. The average Bonchev–Trinajstić information content (AvgIpc) is 2.13. The van der Waals surface area contributed by atoms with Gasteiger partial charge in [-0.05, 0) is 12.1 Å². The Labute approximate surface area is 87.2 Å². The number of hydrogen-bond donors (Lipinski definition) is 1. The van der Waals surface area contributed by atoms with Gasteiger partial charge in [0.1, 0.15) is 0 Å². The standard InChI is InChI=1S/C8H10O4S2/c9-14(10,11)12-6-7-13-8-4-2-1-3-5-8/h1-5H,6-7H2,(H,9,10,11). The predicted octanol–water partition coefficient (Wildman–Crippen LogP) is 1.60. The molecule has 0 fully saturated rings. The van der Waals surface area contributed by atoms with Crippen LogP contribution in [0.15, 0.2) is 35.2 Å². The van der Waals surface area contributed by atoms with Gasteiger partial charge in [0.15, 0.2) is 0 Å². The molecule has 0 aliphatic carbocycles. The lowest BCUT2D eigenvalue weighted by Gasteiger charge is -2.00. The van der Waals surface area contributed by atoms with Gasteiger partial charge in [0, 0.05) is 10.6 Å². The summed E-state index contributed by atoms with van der Waals surface area (Å²) in [6.07, 6.45) is 0. The minimum Gasteiger partial charge on any atom is -0.264 e. The summed E-state index contributed by atoms with van der Waals surface area (Å²) in [4.78, 5) is 1.03. The fourth-order valence-electron chi connectivity index (χ4n) is 0.816. The van der Waals surface area contributed by atoms with Crippen LogP contribution in [-0.2, 0) is 14.6 Å². The molecule has 0 aliphatic heterocycles. The van der Waals surface area contributed by atoms with Crippen LogP contribution in [0.1, 0.15) is 0 Å². The van der Waals surface area contributed by atoms with Crippen LogP contribution in [0.3, 0.4) is 0 Å². The molecule has 0 unspecified atom stereocenters. The zero-order chi connectivity index (χ0) is 10.4. The second-order valence-electron chi connectivity index (χ2n) is 2.41. The van der Waals surface area contributed by atoms with E-state index >= 15 is 0 Å². The lowest BCUT2D eigenvalue weighted by atomic mass is 10.4. The van der Waals surface area contributed by atoms with Gasteiger partial charge in [0.25, 0.3) is 0 Å². The van der Waals surface area contributed by atoms with E-state index in [9.17, 15) is 8.42 Å². The van der Waals surface area contributed by atoms with Crippen LogP contribution in [0.25, 0.3) is 0 Å². The van der Waals surface area contributed by atoms with Crippen molar-refractivity contribution in [2.45, 2.75) is 4.90 Å². The van der Waals surface area contributed by atoms with Crippen molar-refractivity contribution in [3.63, 3.8) is 0 Å². The Bertz CT molecular complexity index is 360. The van der Waals surface area contributed by atoms with Gasteiger partial charge in [-0.3, -0.25) is 4.55 Å². The van der Waals surface area contributed by atoms with Gasteiger partial charge in [0.2, 0.25) is 0 Å². The molecule has 0 aliphatic rings. The first kappa shape index (κ1) is 11.5. The summed E-state index contributed by atoms with van der Waals surface area (Å²) >= 11 is 1.46. The first-order chi connectivity index (χ1) is 6.58. The van der Waals surface area contributed by atoms with E-state index in [1.807, 2.05) is 30.3 Å². The molecule has 78 valence electrons. The molecule has 0 spiro atoms. The molecule has 0 aromatic heterocycles. The third-order valence-electron chi connectivity index (χ3n) is 1.33. The summed E-state index contributed by atoms with van der Waals surface area (Å²) < 4.78 is 32.7. The molecule has 0 radical (unpaired) electrons. The molecule has 1 rings (SSSR count). The van der Waals surface area contributed by atoms with Crippen LogP contribution in [0, 0.1) is 0 Å². The first-order valence-corrected chi connectivity index (χ1v) is 6.23. The van der Waals surface area contributed by atoms with Crippen LogP contribution < -0.4 is 0 Å². The Balaban J connectivity index is 2.23. The maximum Gasteiger partial charge on any atom is 0.397 e. The van der Waals surface area contributed by atoms with Gasteiger partial charge in [-0.25, -0.2) is 4.18 Å². The molecular weight excluding hydrogens is 224 g/mol. The predicted molar refractivity (Wildman–Crippen MR) is 54.7 cm³/mol. The Morgan fingerprint density at radius 3 is 2.50 bits per heavy atom. The number of rotatable bonds is 5. The van der Waals surface area contributed by atoms with E-state index in [0.29, 0.717) is 5.75 Å². The highest BCUT2D eigenvalue weighted by Crippen LogP contribution is 2.16. The summed E-state index contributed by atoms with van der Waals surface area (Å²) in [5, 5.41) is 0. The van der Waals surface area contributed by atoms with E-state index in [0.717, 1.165) is 4.90 Å². The molecule has 0 bridgehead atoms. The van der Waals surface area contributed by atoms with Gasteiger partial charge < -0.3 is 0 Å². The largest absolute Gasteiger partial charge is 0.397 e. The summed E-state index contributed by atoms with van der Waals surface area (Å²) in [5.74, 6) is 0.476. The molecule has 0 saturated carbocycles. The maximum absolute atomic E-state index is 10.2. The third kappa shape index (κ3) is 5.23. The quantitative estimate of drug-likeness (QED) is 0.476. The normalized spacial score (nSPS) is 11.5. The summed E-state index contributed by atoms with van der Waals surface area (Å²) in [5.41, 5.74) is 0. The van der Waals surface area contributed by atoms with Gasteiger partial charge >= 0.3 is 10.4 Å². The second kappa shape index (κ2) is 5.35. The monoisotopic (exact) mass is 234 g/mol. The molecule has 6 heteroatoms. The highest BCUT2D eigenvalue weighted by molar-refractivity contribution is 7.99. The Kier molecular flexibility index (Phi) is 4.40. The summed E-state index contributed by atoms with van der Waals surface area (Å²) in [6.45, 7) is -0.0294. The minimum atomic E-state index is -4.29. The molecule has 1 N–H and O–H groups in total. The molecule has 1 aromatic carbocycles. The van der Waals surface area contributed by atoms with E-state index in [-0.39, 0.29) is 6.61 Å². The van der Waals surface area contributed by atoms with E-state index in [1.54, 1.807) is 0 Å². The number of thioether (sulfide) groups is 1. The van der Waals surface area contributed by atoms with Crippen molar-refractivity contribution < 1.29 is 17.2 Å². The van der Waals surface area contributed by atoms with Crippen molar-refractivity contribution in [3.05, 3.63) is 30.3 Å². The van der Waals surface area contributed by atoms with E-state index in [1.165, 1.54) is 11.8 Å². The fourth-order valence-corrected chi connectivity index (χ4v) is 1.97. The molecule has 0 saturated heterocycles. The van der Waals surface area contributed by atoms with Gasteiger partial charge in [-0.1, -0.05) is 18.2 Å². The SMILES string of the molecule is O=S(=O)(O)OCCSc1ccccc1. The van der Waals surface area contributed by atoms with Crippen LogP contribution in [0.2, 0.25) is 0 Å². The van der Waals surface area contributed by atoms with Gasteiger partial charge in [-0.2, -0.15) is 8.42 Å². The molecular formula is C8H10O4S2. The maximum atomic E-state index is 10.2. The topological polar surface area (TPSA) is 63.6 Å². The molecule has 1 aromatic rings. The van der Waals surface area contributed by atoms with Crippen molar-refractivity contribution in [3.8, 4) is 0 Å². The molecule has 14 heavy (non-hydrogen) atoms. The number of hydrogen-bond acceptors (Lipinski definition) is 4. The van der Waals surface area contributed by atoms with Crippen molar-refractivity contribution in [1.29, 1.82) is 0 Å². The van der Waals surface area contributed by atoms with Crippen LogP contribution in [0.5, 0.6) is 0 Å². The lowest BCUT2D eigenvalue weighted by molar-refractivity contribution is 0.285. The first-order valence-electron chi connectivity index (χ1n) is 3.87. The van der Waals surface area contributed by atoms with E-state index < -0.39 is 10.4 Å². The smallest absolute Gasteiger partial charge is 0.264 e. The fraction of sp³-hybridized carbons (Fsp3) is 0.250. The highest BCUT2D eigenvalue weighted by atomic mass is 32.3. The van der Waals surface area contributed by atoms with Crippen molar-refractivity contribution in [2.75, 3.05) is 12.4 Å². The Morgan fingerprint density at radius 2 is 1.93 bits per heavy atom. The van der Waals surface area contributed by atoms with Crippen LogP contribution in [-0.4, -0.2) is 25.3 Å². The molecule has 0 atom stereocenters. The number of benzene rings is 1. The molecule has 4 nitrogen and oxygen atoms in total. The van der Waals surface area contributed by atoms with Crippen LogP contribution >= 0.6 is 11.8 Å². The zero-order valence-electron chi connectivity index (χ0n) is 7.29.